The van der Waals surface area contributed by atoms with Gasteiger partial charge < -0.3 is 19.9 Å². The molecule has 1 aliphatic rings. The molecule has 2 heterocycles. The fraction of sp³-hybridized carbons (Fsp3) is 0.500. The van der Waals surface area contributed by atoms with E-state index < -0.39 is 0 Å². The van der Waals surface area contributed by atoms with Crippen LogP contribution in [-0.2, 0) is 4.74 Å². The van der Waals surface area contributed by atoms with E-state index in [0.29, 0.717) is 5.95 Å². The van der Waals surface area contributed by atoms with Crippen molar-refractivity contribution >= 4 is 23.1 Å². The quantitative estimate of drug-likeness (QED) is 0.819. The largest absolute Gasteiger partial charge is 0.378 e. The van der Waals surface area contributed by atoms with Gasteiger partial charge >= 0.3 is 0 Å². The van der Waals surface area contributed by atoms with Gasteiger partial charge in [-0.3, -0.25) is 0 Å². The van der Waals surface area contributed by atoms with E-state index in [-0.39, 0.29) is 0 Å². The van der Waals surface area contributed by atoms with Crippen molar-refractivity contribution in [2.24, 2.45) is 0 Å². The van der Waals surface area contributed by atoms with Gasteiger partial charge in [0.1, 0.15) is 5.82 Å². The molecule has 2 aromatic rings. The third-order valence-corrected chi connectivity index (χ3v) is 4.58. The Morgan fingerprint density at radius 2 is 1.96 bits per heavy atom. The number of nitrogens with zero attached hydrogens (tertiary/aromatic N) is 4. The van der Waals surface area contributed by atoms with E-state index in [4.69, 9.17) is 9.72 Å². The number of hydrogen-bond donors (Lipinski definition) is 1. The van der Waals surface area contributed by atoms with Crippen LogP contribution in [-0.4, -0.2) is 49.9 Å². The van der Waals surface area contributed by atoms with Crippen molar-refractivity contribution in [1.29, 1.82) is 0 Å². The Morgan fingerprint density at radius 3 is 2.73 bits per heavy atom. The van der Waals surface area contributed by atoms with Crippen LogP contribution in [0, 0.1) is 6.92 Å². The molecular weight excluding hydrogens is 326 g/mol. The standard InChI is InChI=1S/C20H29N5O/c1-4-5-10-24(3)19-15-16(2)21-20(23-19)22-17-8-6-7-9-18(17)25-11-13-26-14-12-25/h6-9,15H,4-5,10-14H2,1-3H3,(H,21,22,23). The van der Waals surface area contributed by atoms with E-state index in [1.165, 1.54) is 12.1 Å². The summed E-state index contributed by atoms with van der Waals surface area (Å²) >= 11 is 0. The predicted molar refractivity (Wildman–Crippen MR) is 108 cm³/mol. The second kappa shape index (κ2) is 8.85. The van der Waals surface area contributed by atoms with Crippen molar-refractivity contribution < 1.29 is 4.74 Å². The summed E-state index contributed by atoms with van der Waals surface area (Å²) in [4.78, 5) is 13.8. The molecule has 140 valence electrons. The zero-order valence-corrected chi connectivity index (χ0v) is 16.0. The molecule has 1 N–H and O–H groups in total. The van der Waals surface area contributed by atoms with Gasteiger partial charge in [-0.2, -0.15) is 4.98 Å². The number of morpholine rings is 1. The highest BCUT2D eigenvalue weighted by atomic mass is 16.5. The Kier molecular flexibility index (Phi) is 6.28. The van der Waals surface area contributed by atoms with E-state index in [1.54, 1.807) is 0 Å². The Labute approximate surface area is 156 Å². The smallest absolute Gasteiger partial charge is 0.229 e. The normalized spacial score (nSPS) is 14.3. The van der Waals surface area contributed by atoms with Crippen LogP contribution in [0.5, 0.6) is 0 Å². The van der Waals surface area contributed by atoms with Crippen LogP contribution < -0.4 is 15.1 Å². The van der Waals surface area contributed by atoms with Crippen molar-refractivity contribution in [3.8, 4) is 0 Å². The summed E-state index contributed by atoms with van der Waals surface area (Å²) in [7, 11) is 2.09. The molecule has 0 atom stereocenters. The molecular formula is C20H29N5O. The first-order valence-corrected chi connectivity index (χ1v) is 9.43. The van der Waals surface area contributed by atoms with E-state index in [0.717, 1.165) is 56.5 Å². The predicted octanol–water partition coefficient (Wildman–Crippen LogP) is 3.60. The first-order chi connectivity index (χ1) is 12.7. The lowest BCUT2D eigenvalue weighted by atomic mass is 10.2. The number of hydrogen-bond acceptors (Lipinski definition) is 6. The summed E-state index contributed by atoms with van der Waals surface area (Å²) in [5, 5.41) is 3.43. The maximum Gasteiger partial charge on any atom is 0.229 e. The van der Waals surface area contributed by atoms with Crippen molar-refractivity contribution in [1.82, 2.24) is 9.97 Å². The minimum Gasteiger partial charge on any atom is -0.378 e. The molecule has 1 fully saturated rings. The molecule has 0 amide bonds. The number of rotatable bonds is 7. The molecule has 0 saturated carbocycles. The maximum absolute atomic E-state index is 5.48. The Hall–Kier alpha value is -2.34. The molecule has 0 radical (unpaired) electrons. The van der Waals surface area contributed by atoms with Crippen LogP contribution in [0.1, 0.15) is 25.5 Å². The third-order valence-electron chi connectivity index (χ3n) is 4.58. The molecule has 6 heteroatoms. The van der Waals surface area contributed by atoms with Gasteiger partial charge in [0, 0.05) is 38.4 Å². The second-order valence-corrected chi connectivity index (χ2v) is 6.71. The Balaban J connectivity index is 1.81. The minimum atomic E-state index is 0.643. The summed E-state index contributed by atoms with van der Waals surface area (Å²) in [5.41, 5.74) is 3.16. The number of aromatic nitrogens is 2. The zero-order valence-electron chi connectivity index (χ0n) is 16.0. The van der Waals surface area contributed by atoms with Gasteiger partial charge in [-0.25, -0.2) is 4.98 Å². The van der Waals surface area contributed by atoms with Crippen LogP contribution in [0.25, 0.3) is 0 Å². The van der Waals surface area contributed by atoms with E-state index in [9.17, 15) is 0 Å². The first-order valence-electron chi connectivity index (χ1n) is 9.43. The summed E-state index contributed by atoms with van der Waals surface area (Å²) in [6, 6.07) is 10.4. The van der Waals surface area contributed by atoms with Crippen molar-refractivity contribution in [3.05, 3.63) is 36.0 Å². The Bertz CT molecular complexity index is 715. The summed E-state index contributed by atoms with van der Waals surface area (Å²) in [6.45, 7) is 8.54. The van der Waals surface area contributed by atoms with Gasteiger partial charge in [0.15, 0.2) is 0 Å². The van der Waals surface area contributed by atoms with Crippen LogP contribution in [0.4, 0.5) is 23.1 Å². The molecule has 1 saturated heterocycles. The summed E-state index contributed by atoms with van der Waals surface area (Å²) < 4.78 is 5.48. The average molecular weight is 355 g/mol. The highest BCUT2D eigenvalue weighted by Crippen LogP contribution is 2.29. The number of para-hydroxylation sites is 2. The molecule has 0 bridgehead atoms. The highest BCUT2D eigenvalue weighted by molar-refractivity contribution is 5.73. The fourth-order valence-corrected chi connectivity index (χ4v) is 3.09. The minimum absolute atomic E-state index is 0.643. The molecule has 3 rings (SSSR count). The van der Waals surface area contributed by atoms with Crippen LogP contribution in [0.3, 0.4) is 0 Å². The fourth-order valence-electron chi connectivity index (χ4n) is 3.09. The first kappa shape index (κ1) is 18.5. The van der Waals surface area contributed by atoms with Crippen LogP contribution >= 0.6 is 0 Å². The van der Waals surface area contributed by atoms with E-state index >= 15 is 0 Å². The molecule has 1 aliphatic heterocycles. The van der Waals surface area contributed by atoms with Gasteiger partial charge in [0.05, 0.1) is 24.6 Å². The van der Waals surface area contributed by atoms with Crippen LogP contribution in [0.2, 0.25) is 0 Å². The highest BCUT2D eigenvalue weighted by Gasteiger charge is 2.15. The van der Waals surface area contributed by atoms with Gasteiger partial charge in [0.2, 0.25) is 5.95 Å². The number of ether oxygens (including phenoxy) is 1. The number of unbranched alkanes of at least 4 members (excludes halogenated alkanes) is 1. The molecule has 26 heavy (non-hydrogen) atoms. The zero-order chi connectivity index (χ0) is 18.4. The third kappa shape index (κ3) is 4.64. The molecule has 0 spiro atoms. The lowest BCUT2D eigenvalue weighted by Gasteiger charge is -2.30. The van der Waals surface area contributed by atoms with Crippen LogP contribution in [0.15, 0.2) is 30.3 Å². The van der Waals surface area contributed by atoms with E-state index in [2.05, 4.69) is 52.3 Å². The topological polar surface area (TPSA) is 53.5 Å². The van der Waals surface area contributed by atoms with Gasteiger partial charge in [0.25, 0.3) is 0 Å². The SMILES string of the molecule is CCCCN(C)c1cc(C)nc(Nc2ccccc2N2CCOCC2)n1. The summed E-state index contributed by atoms with van der Waals surface area (Å²) in [5.74, 6) is 1.60. The Morgan fingerprint density at radius 1 is 1.19 bits per heavy atom. The molecule has 0 aliphatic carbocycles. The number of benzene rings is 1. The summed E-state index contributed by atoms with van der Waals surface area (Å²) in [6.07, 6.45) is 2.33. The van der Waals surface area contributed by atoms with E-state index in [1.807, 2.05) is 19.1 Å². The maximum atomic E-state index is 5.48. The number of nitrogens with one attached hydrogen (secondary N) is 1. The molecule has 6 nitrogen and oxygen atoms in total. The lowest BCUT2D eigenvalue weighted by Crippen LogP contribution is -2.36. The number of anilines is 4. The lowest BCUT2D eigenvalue weighted by molar-refractivity contribution is 0.123. The monoisotopic (exact) mass is 355 g/mol. The average Bonchev–Trinajstić information content (AvgIpc) is 2.67. The number of aryl methyl sites for hydroxylation is 1. The van der Waals surface area contributed by atoms with Gasteiger partial charge in [-0.15, -0.1) is 0 Å². The van der Waals surface area contributed by atoms with Gasteiger partial charge in [-0.1, -0.05) is 25.5 Å². The second-order valence-electron chi connectivity index (χ2n) is 6.71. The molecule has 0 unspecified atom stereocenters. The molecule has 1 aromatic heterocycles. The molecule has 1 aromatic carbocycles. The van der Waals surface area contributed by atoms with Crippen molar-refractivity contribution in [2.75, 3.05) is 55.0 Å². The van der Waals surface area contributed by atoms with Crippen molar-refractivity contribution in [2.45, 2.75) is 26.7 Å². The van der Waals surface area contributed by atoms with Crippen molar-refractivity contribution in [3.63, 3.8) is 0 Å². The van der Waals surface area contributed by atoms with Gasteiger partial charge in [-0.05, 0) is 25.5 Å².